The summed E-state index contributed by atoms with van der Waals surface area (Å²) >= 11 is 0. The largest absolute Gasteiger partial charge is 0.455 e. The number of esters is 1. The second kappa shape index (κ2) is 5.29. The topological polar surface area (TPSA) is 69.4 Å². The van der Waals surface area contributed by atoms with E-state index in [0.717, 1.165) is 6.08 Å². The van der Waals surface area contributed by atoms with Crippen molar-refractivity contribution in [2.75, 3.05) is 6.61 Å². The molecule has 0 spiro atoms. The predicted octanol–water partition coefficient (Wildman–Crippen LogP) is 0.771. The van der Waals surface area contributed by atoms with E-state index in [-0.39, 0.29) is 6.61 Å². The Balaban J connectivity index is 3.80. The smallest absolute Gasteiger partial charge is 0.330 e. The van der Waals surface area contributed by atoms with Gasteiger partial charge in [-0.3, -0.25) is 10.1 Å². The lowest BCUT2D eigenvalue weighted by atomic mass is 10.2. The van der Waals surface area contributed by atoms with Crippen molar-refractivity contribution in [1.82, 2.24) is 0 Å². The summed E-state index contributed by atoms with van der Waals surface area (Å²) in [5.41, 5.74) is 0. The van der Waals surface area contributed by atoms with Gasteiger partial charge in [0.15, 0.2) is 6.61 Å². The van der Waals surface area contributed by atoms with E-state index in [2.05, 4.69) is 11.3 Å². The van der Waals surface area contributed by atoms with Gasteiger partial charge in [-0.1, -0.05) is 13.5 Å². The maximum Gasteiger partial charge on any atom is 0.330 e. The molecule has 0 amide bonds. The van der Waals surface area contributed by atoms with Crippen LogP contribution in [-0.4, -0.2) is 23.5 Å². The van der Waals surface area contributed by atoms with Crippen molar-refractivity contribution in [3.63, 3.8) is 0 Å². The summed E-state index contributed by atoms with van der Waals surface area (Å²) in [6.45, 7) is 4.64. The lowest BCUT2D eigenvalue weighted by Gasteiger charge is -2.05. The molecule has 5 heteroatoms. The first-order chi connectivity index (χ1) is 5.61. The molecule has 0 aliphatic carbocycles. The summed E-state index contributed by atoms with van der Waals surface area (Å²) in [5, 5.41) is 10.2. The Kier molecular flexibility index (Phi) is 4.67. The SMILES string of the molecule is C=CC(=O)OCC(CC)[N+](=O)[O-]. The molecular weight excluding hydrogens is 162 g/mol. The zero-order valence-electron chi connectivity index (χ0n) is 6.86. The number of nitro groups is 1. The summed E-state index contributed by atoms with van der Waals surface area (Å²) in [4.78, 5) is 20.2. The van der Waals surface area contributed by atoms with Crippen LogP contribution in [0, 0.1) is 10.1 Å². The molecule has 0 N–H and O–H groups in total. The van der Waals surface area contributed by atoms with Gasteiger partial charge in [0.2, 0.25) is 6.04 Å². The maximum atomic E-state index is 10.5. The Hall–Kier alpha value is -1.39. The van der Waals surface area contributed by atoms with E-state index in [1.54, 1.807) is 6.92 Å². The van der Waals surface area contributed by atoms with Gasteiger partial charge >= 0.3 is 5.97 Å². The molecule has 1 atom stereocenters. The Bertz CT molecular complexity index is 190. The van der Waals surface area contributed by atoms with Crippen LogP contribution in [0.2, 0.25) is 0 Å². The van der Waals surface area contributed by atoms with E-state index < -0.39 is 16.9 Å². The first kappa shape index (κ1) is 10.6. The molecule has 12 heavy (non-hydrogen) atoms. The van der Waals surface area contributed by atoms with Gasteiger partial charge in [-0.05, 0) is 0 Å². The van der Waals surface area contributed by atoms with Gasteiger partial charge in [-0.25, -0.2) is 4.79 Å². The Morgan fingerprint density at radius 1 is 1.83 bits per heavy atom. The molecule has 0 aromatic heterocycles. The molecule has 0 bridgehead atoms. The van der Waals surface area contributed by atoms with E-state index in [1.165, 1.54) is 0 Å². The maximum absolute atomic E-state index is 10.5. The van der Waals surface area contributed by atoms with Crippen LogP contribution in [0.5, 0.6) is 0 Å². The molecule has 0 aromatic carbocycles. The Labute approximate surface area is 70.2 Å². The van der Waals surface area contributed by atoms with Gasteiger partial charge < -0.3 is 4.74 Å². The van der Waals surface area contributed by atoms with Crippen molar-refractivity contribution in [3.8, 4) is 0 Å². The van der Waals surface area contributed by atoms with Crippen LogP contribution in [-0.2, 0) is 9.53 Å². The minimum atomic E-state index is -0.811. The van der Waals surface area contributed by atoms with Crippen LogP contribution in [0.25, 0.3) is 0 Å². The highest BCUT2D eigenvalue weighted by Gasteiger charge is 2.18. The Morgan fingerprint density at radius 2 is 2.42 bits per heavy atom. The number of hydrogen-bond donors (Lipinski definition) is 0. The van der Waals surface area contributed by atoms with Crippen LogP contribution >= 0.6 is 0 Å². The summed E-state index contributed by atoms with van der Waals surface area (Å²) in [5.74, 6) is -0.629. The number of hydrogen-bond acceptors (Lipinski definition) is 4. The van der Waals surface area contributed by atoms with Gasteiger partial charge in [0, 0.05) is 17.4 Å². The third-order valence-electron chi connectivity index (χ3n) is 1.35. The van der Waals surface area contributed by atoms with Gasteiger partial charge in [-0.2, -0.15) is 0 Å². The van der Waals surface area contributed by atoms with Crippen LogP contribution in [0.3, 0.4) is 0 Å². The summed E-state index contributed by atoms with van der Waals surface area (Å²) in [7, 11) is 0. The average molecular weight is 173 g/mol. The zero-order valence-corrected chi connectivity index (χ0v) is 6.86. The summed E-state index contributed by atoms with van der Waals surface area (Å²) < 4.78 is 4.51. The van der Waals surface area contributed by atoms with Gasteiger partial charge in [0.1, 0.15) is 0 Å². The molecule has 0 aliphatic rings. The number of ether oxygens (including phenoxy) is 1. The van der Waals surface area contributed by atoms with Crippen LogP contribution in [0.15, 0.2) is 12.7 Å². The molecular formula is C7H11NO4. The monoisotopic (exact) mass is 173 g/mol. The van der Waals surface area contributed by atoms with E-state index in [1.807, 2.05) is 0 Å². The van der Waals surface area contributed by atoms with Gasteiger partial charge in [-0.15, -0.1) is 0 Å². The van der Waals surface area contributed by atoms with E-state index >= 15 is 0 Å². The van der Waals surface area contributed by atoms with Crippen molar-refractivity contribution in [2.24, 2.45) is 0 Å². The van der Waals surface area contributed by atoms with E-state index in [0.29, 0.717) is 6.42 Å². The molecule has 68 valence electrons. The fourth-order valence-electron chi connectivity index (χ4n) is 0.565. The molecule has 0 fully saturated rings. The highest BCUT2D eigenvalue weighted by molar-refractivity contribution is 5.81. The van der Waals surface area contributed by atoms with Crippen molar-refractivity contribution < 1.29 is 14.5 Å². The van der Waals surface area contributed by atoms with Crippen molar-refractivity contribution in [2.45, 2.75) is 19.4 Å². The predicted molar refractivity (Wildman–Crippen MR) is 42.2 cm³/mol. The fraction of sp³-hybridized carbons (Fsp3) is 0.571. The van der Waals surface area contributed by atoms with Gasteiger partial charge in [0.05, 0.1) is 0 Å². The van der Waals surface area contributed by atoms with E-state index in [9.17, 15) is 14.9 Å². The van der Waals surface area contributed by atoms with Crippen LogP contribution in [0.4, 0.5) is 0 Å². The average Bonchev–Trinajstić information content (AvgIpc) is 2.04. The molecule has 0 aromatic rings. The van der Waals surface area contributed by atoms with Crippen molar-refractivity contribution in [3.05, 3.63) is 22.8 Å². The van der Waals surface area contributed by atoms with E-state index in [4.69, 9.17) is 0 Å². The van der Waals surface area contributed by atoms with Gasteiger partial charge in [0.25, 0.3) is 0 Å². The molecule has 0 heterocycles. The number of nitrogens with zero attached hydrogens (tertiary/aromatic N) is 1. The standard InChI is InChI=1S/C7H11NO4/c1-3-6(8(10)11)5-12-7(9)4-2/h4,6H,2-3,5H2,1H3. The minimum absolute atomic E-state index is 0.186. The normalized spacial score (nSPS) is 11.8. The second-order valence-electron chi connectivity index (χ2n) is 2.18. The molecule has 1 unspecified atom stereocenters. The molecule has 5 nitrogen and oxygen atoms in total. The van der Waals surface area contributed by atoms with Crippen LogP contribution in [0.1, 0.15) is 13.3 Å². The first-order valence-corrected chi connectivity index (χ1v) is 3.54. The molecule has 0 aliphatic heterocycles. The lowest BCUT2D eigenvalue weighted by Crippen LogP contribution is -2.25. The molecule has 0 saturated heterocycles. The summed E-state index contributed by atoms with van der Waals surface area (Å²) in [6, 6.07) is -0.811. The quantitative estimate of drug-likeness (QED) is 0.266. The lowest BCUT2D eigenvalue weighted by molar-refractivity contribution is -0.525. The third kappa shape index (κ3) is 3.70. The van der Waals surface area contributed by atoms with Crippen molar-refractivity contribution >= 4 is 5.97 Å². The third-order valence-corrected chi connectivity index (χ3v) is 1.35. The molecule has 0 saturated carbocycles. The Morgan fingerprint density at radius 3 is 2.75 bits per heavy atom. The zero-order chi connectivity index (χ0) is 9.56. The number of carbonyl (C=O) groups excluding carboxylic acids is 1. The minimum Gasteiger partial charge on any atom is -0.455 e. The van der Waals surface area contributed by atoms with Crippen molar-refractivity contribution in [1.29, 1.82) is 0 Å². The van der Waals surface area contributed by atoms with Crippen LogP contribution < -0.4 is 0 Å². The number of rotatable bonds is 5. The second-order valence-corrected chi connectivity index (χ2v) is 2.18. The summed E-state index contributed by atoms with van der Waals surface area (Å²) in [6.07, 6.45) is 1.32. The molecule has 0 radical (unpaired) electrons. The number of carbonyl (C=O) groups is 1. The first-order valence-electron chi connectivity index (χ1n) is 3.54. The highest BCUT2D eigenvalue weighted by atomic mass is 16.6. The molecule has 0 rings (SSSR count). The highest BCUT2D eigenvalue weighted by Crippen LogP contribution is 1.97. The fourth-order valence-corrected chi connectivity index (χ4v) is 0.565.